The lowest BCUT2D eigenvalue weighted by molar-refractivity contribution is -0.121. The van der Waals surface area contributed by atoms with Gasteiger partial charge in [-0.3, -0.25) is 9.59 Å². The summed E-state index contributed by atoms with van der Waals surface area (Å²) in [4.78, 5) is 19.9. The molecule has 1 amide bonds. The van der Waals surface area contributed by atoms with Crippen LogP contribution in [0.25, 0.3) is 0 Å². The van der Waals surface area contributed by atoms with E-state index in [0.29, 0.717) is 0 Å². The molecule has 0 atom stereocenters. The lowest BCUT2D eigenvalue weighted by atomic mass is 10.6. The van der Waals surface area contributed by atoms with E-state index in [2.05, 4.69) is 5.32 Å². The second-order valence-electron chi connectivity index (χ2n) is 1.26. The molecule has 4 heteroatoms. The summed E-state index contributed by atoms with van der Waals surface area (Å²) in [5.74, 6) is -0.251. The molecule has 8 heavy (non-hydrogen) atoms. The van der Waals surface area contributed by atoms with Crippen LogP contribution in [0.3, 0.4) is 0 Å². The van der Waals surface area contributed by atoms with Crippen molar-refractivity contribution in [2.45, 2.75) is 6.92 Å². The van der Waals surface area contributed by atoms with Crippen LogP contribution in [0.2, 0.25) is 0 Å². The number of hydrogen-bond acceptors (Lipinski definition) is 2. The zero-order valence-electron chi connectivity index (χ0n) is 4.40. The van der Waals surface area contributed by atoms with Crippen LogP contribution in [0.5, 0.6) is 0 Å². The van der Waals surface area contributed by atoms with E-state index in [9.17, 15) is 9.59 Å². The third-order valence-electron chi connectivity index (χ3n) is 0.476. The first-order valence-electron chi connectivity index (χ1n) is 2.05. The predicted molar refractivity (Wildman–Crippen MR) is 29.5 cm³/mol. The van der Waals surface area contributed by atoms with Gasteiger partial charge in [-0.2, -0.15) is 0 Å². The Bertz CT molecular complexity index is 98.6. The minimum Gasteiger partial charge on any atom is -0.348 e. The van der Waals surface area contributed by atoms with Crippen LogP contribution >= 0.6 is 11.6 Å². The van der Waals surface area contributed by atoms with E-state index < -0.39 is 5.24 Å². The maximum Gasteiger partial charge on any atom is 0.240 e. The van der Waals surface area contributed by atoms with Gasteiger partial charge in [0, 0.05) is 6.92 Å². The molecule has 0 aliphatic carbocycles. The van der Waals surface area contributed by atoms with Gasteiger partial charge in [0.25, 0.3) is 0 Å². The fourth-order valence-electron chi connectivity index (χ4n) is 0.194. The van der Waals surface area contributed by atoms with Crippen LogP contribution in [0.1, 0.15) is 6.92 Å². The van der Waals surface area contributed by atoms with Crippen molar-refractivity contribution in [3.05, 3.63) is 0 Å². The summed E-state index contributed by atoms with van der Waals surface area (Å²) in [5, 5.41) is 1.67. The van der Waals surface area contributed by atoms with Gasteiger partial charge in [-0.1, -0.05) is 0 Å². The Kier molecular flexibility index (Phi) is 3.19. The molecule has 0 fully saturated rings. The van der Waals surface area contributed by atoms with Gasteiger partial charge in [0.05, 0.1) is 6.54 Å². The highest BCUT2D eigenvalue weighted by molar-refractivity contribution is 6.64. The lowest BCUT2D eigenvalue weighted by Crippen LogP contribution is -2.24. The van der Waals surface area contributed by atoms with Crippen LogP contribution in [-0.4, -0.2) is 17.7 Å². The molecule has 1 N–H and O–H groups in total. The first-order chi connectivity index (χ1) is 3.63. The van der Waals surface area contributed by atoms with Gasteiger partial charge < -0.3 is 5.32 Å². The number of amides is 1. The van der Waals surface area contributed by atoms with E-state index in [4.69, 9.17) is 11.6 Å². The summed E-state index contributed by atoms with van der Waals surface area (Å²) < 4.78 is 0. The highest BCUT2D eigenvalue weighted by Crippen LogP contribution is 1.73. The van der Waals surface area contributed by atoms with Gasteiger partial charge in [-0.05, 0) is 11.6 Å². The summed E-state index contributed by atoms with van der Waals surface area (Å²) >= 11 is 4.87. The first kappa shape index (κ1) is 7.43. The molecule has 0 aromatic carbocycles. The molecular formula is C4H6ClNO2. The molecule has 0 spiro atoms. The Morgan fingerprint density at radius 3 is 2.25 bits per heavy atom. The second kappa shape index (κ2) is 3.43. The Labute approximate surface area is 52.0 Å². The standard InChI is InChI=1S/C4H6ClNO2/c1-3(7)6-2-4(5)8/h2H2,1H3,(H,6,7). The number of halogens is 1. The van der Waals surface area contributed by atoms with Gasteiger partial charge in [0.2, 0.25) is 11.1 Å². The summed E-state index contributed by atoms with van der Waals surface area (Å²) in [6.07, 6.45) is 0. The van der Waals surface area contributed by atoms with Gasteiger partial charge in [-0.25, -0.2) is 0 Å². The third kappa shape index (κ3) is 5.43. The van der Waals surface area contributed by atoms with Crippen molar-refractivity contribution in [3.63, 3.8) is 0 Å². The molecular weight excluding hydrogens is 130 g/mol. The molecule has 0 saturated carbocycles. The average Bonchev–Trinajstić information content (AvgIpc) is 1.61. The van der Waals surface area contributed by atoms with Gasteiger partial charge >= 0.3 is 0 Å². The van der Waals surface area contributed by atoms with Crippen molar-refractivity contribution < 1.29 is 9.59 Å². The predicted octanol–water partition coefficient (Wildman–Crippen LogP) is -0.112. The van der Waals surface area contributed by atoms with Crippen LogP contribution < -0.4 is 5.32 Å². The highest BCUT2D eigenvalue weighted by atomic mass is 35.5. The summed E-state index contributed by atoms with van der Waals surface area (Å²) in [6.45, 7) is 1.23. The Morgan fingerprint density at radius 2 is 2.12 bits per heavy atom. The van der Waals surface area contributed by atoms with Crippen molar-refractivity contribution in [3.8, 4) is 0 Å². The topological polar surface area (TPSA) is 46.2 Å². The second-order valence-corrected chi connectivity index (χ2v) is 1.69. The van der Waals surface area contributed by atoms with Crippen molar-refractivity contribution in [1.82, 2.24) is 5.32 Å². The van der Waals surface area contributed by atoms with Gasteiger partial charge in [-0.15, -0.1) is 0 Å². The molecule has 0 saturated heterocycles. The minimum absolute atomic E-state index is 0.0864. The van der Waals surface area contributed by atoms with E-state index >= 15 is 0 Å². The van der Waals surface area contributed by atoms with Crippen molar-refractivity contribution in [2.75, 3.05) is 6.54 Å². The van der Waals surface area contributed by atoms with Crippen LogP contribution in [0.4, 0.5) is 0 Å². The van der Waals surface area contributed by atoms with Crippen molar-refractivity contribution in [1.29, 1.82) is 0 Å². The summed E-state index contributed by atoms with van der Waals surface area (Å²) in [6, 6.07) is 0. The molecule has 0 aliphatic heterocycles. The fraction of sp³-hybridized carbons (Fsp3) is 0.500. The van der Waals surface area contributed by atoms with Gasteiger partial charge in [0.15, 0.2) is 0 Å². The maximum absolute atomic E-state index is 10.0. The molecule has 0 unspecified atom stereocenters. The lowest BCUT2D eigenvalue weighted by Gasteiger charge is -1.91. The Balaban J connectivity index is 3.18. The van der Waals surface area contributed by atoms with Gasteiger partial charge in [0.1, 0.15) is 0 Å². The van der Waals surface area contributed by atoms with Crippen LogP contribution in [0, 0.1) is 0 Å². The number of carbonyl (C=O) groups is 2. The zero-order chi connectivity index (χ0) is 6.57. The SMILES string of the molecule is CC(=O)NCC(=O)Cl. The molecule has 0 aromatic rings. The molecule has 0 bridgehead atoms. The fourth-order valence-corrected chi connectivity index (χ4v) is 0.261. The van der Waals surface area contributed by atoms with Crippen LogP contribution in [-0.2, 0) is 9.59 Å². The first-order valence-corrected chi connectivity index (χ1v) is 2.43. The van der Waals surface area contributed by atoms with Crippen molar-refractivity contribution in [2.24, 2.45) is 0 Å². The molecule has 0 aromatic heterocycles. The zero-order valence-corrected chi connectivity index (χ0v) is 5.16. The van der Waals surface area contributed by atoms with E-state index in [1.165, 1.54) is 6.92 Å². The number of rotatable bonds is 2. The largest absolute Gasteiger partial charge is 0.348 e. The Morgan fingerprint density at radius 1 is 1.62 bits per heavy atom. The normalized spacial score (nSPS) is 8.25. The molecule has 3 nitrogen and oxygen atoms in total. The van der Waals surface area contributed by atoms with E-state index in [0.717, 1.165) is 0 Å². The quantitative estimate of drug-likeness (QED) is 0.537. The molecule has 0 heterocycles. The molecule has 46 valence electrons. The number of nitrogens with one attached hydrogen (secondary N) is 1. The highest BCUT2D eigenvalue weighted by Gasteiger charge is 1.94. The number of hydrogen-bond donors (Lipinski definition) is 1. The van der Waals surface area contributed by atoms with Crippen molar-refractivity contribution >= 4 is 22.8 Å². The summed E-state index contributed by atoms with van der Waals surface area (Å²) in [5.41, 5.74) is 0. The Hall–Kier alpha value is -0.570. The monoisotopic (exact) mass is 135 g/mol. The van der Waals surface area contributed by atoms with Crippen LogP contribution in [0.15, 0.2) is 0 Å². The smallest absolute Gasteiger partial charge is 0.240 e. The minimum atomic E-state index is -0.555. The molecule has 0 rings (SSSR count). The molecule has 0 aliphatic rings. The average molecular weight is 136 g/mol. The molecule has 0 radical (unpaired) electrons. The van der Waals surface area contributed by atoms with E-state index in [1.807, 2.05) is 0 Å². The third-order valence-corrected chi connectivity index (χ3v) is 0.610. The maximum atomic E-state index is 10.0. The van der Waals surface area contributed by atoms with E-state index in [1.54, 1.807) is 0 Å². The number of carbonyl (C=O) groups excluding carboxylic acids is 2. The summed E-state index contributed by atoms with van der Waals surface area (Å²) in [7, 11) is 0. The van der Waals surface area contributed by atoms with E-state index in [-0.39, 0.29) is 12.5 Å².